The molecule has 2 N–H and O–H groups in total. The van der Waals surface area contributed by atoms with E-state index in [1.165, 1.54) is 0 Å². The minimum atomic E-state index is -1.10. The molecule has 0 aliphatic rings. The molecule has 0 radical (unpaired) electrons. The number of carboxylic acid groups (broad SMARTS) is 1. The number of amides is 1. The molecule has 5 heteroatoms. The molecular weight excluding hydrogens is 222 g/mol. The maximum Gasteiger partial charge on any atom is 0.305 e. The molecular formula is C12H21NO4. The predicted octanol–water partition coefficient (Wildman–Crippen LogP) is 1.36. The first-order valence-corrected chi connectivity index (χ1v) is 5.98. The van der Waals surface area contributed by atoms with Crippen LogP contribution in [0.25, 0.3) is 0 Å². The Morgan fingerprint density at radius 1 is 1.35 bits per heavy atom. The molecule has 1 amide bonds. The van der Waals surface area contributed by atoms with Crippen LogP contribution in [0.4, 0.5) is 0 Å². The number of unbranched alkanes of at least 4 members (excludes halogenated alkanes) is 2. The Morgan fingerprint density at radius 2 is 2.00 bits per heavy atom. The zero-order chi connectivity index (χ0) is 13.3. The fourth-order valence-electron chi connectivity index (χ4n) is 1.48. The lowest BCUT2D eigenvalue weighted by molar-refractivity contribution is -0.139. The van der Waals surface area contributed by atoms with E-state index in [-0.39, 0.29) is 18.2 Å². The van der Waals surface area contributed by atoms with Crippen molar-refractivity contribution in [1.82, 2.24) is 5.32 Å². The fraction of sp³-hybridized carbons (Fsp3) is 0.750. The van der Waals surface area contributed by atoms with Crippen molar-refractivity contribution in [2.45, 2.75) is 52.0 Å². The van der Waals surface area contributed by atoms with Crippen LogP contribution in [0.3, 0.4) is 0 Å². The molecule has 0 aromatic heterocycles. The second-order valence-electron chi connectivity index (χ2n) is 4.25. The van der Waals surface area contributed by atoms with E-state index in [0.29, 0.717) is 6.29 Å². The number of carbonyl (C=O) groups is 3. The highest BCUT2D eigenvalue weighted by Crippen LogP contribution is 2.09. The molecule has 17 heavy (non-hydrogen) atoms. The van der Waals surface area contributed by atoms with Crippen molar-refractivity contribution in [3.05, 3.63) is 0 Å². The summed E-state index contributed by atoms with van der Waals surface area (Å²) in [6.45, 7) is 3.87. The second kappa shape index (κ2) is 8.73. The standard InChI is InChI=1S/C12H21NO4/c1-3-4-5-6-9(2)12(17)13-10(8-14)7-11(15)16/h8-10H,3-7H2,1-2H3,(H,13,17)(H,15,16)/t9?,10-/m0/s1. The first-order chi connectivity index (χ1) is 8.01. The summed E-state index contributed by atoms with van der Waals surface area (Å²) < 4.78 is 0. The Kier molecular flexibility index (Phi) is 8.01. The van der Waals surface area contributed by atoms with Crippen LogP contribution >= 0.6 is 0 Å². The average Bonchev–Trinajstić information content (AvgIpc) is 2.27. The van der Waals surface area contributed by atoms with E-state index in [1.807, 2.05) is 0 Å². The molecule has 0 heterocycles. The summed E-state index contributed by atoms with van der Waals surface area (Å²) in [5.74, 6) is -1.53. The SMILES string of the molecule is CCCCCC(C)C(=O)N[C@H](C=O)CC(=O)O. The van der Waals surface area contributed by atoms with Gasteiger partial charge in [-0.1, -0.05) is 33.1 Å². The van der Waals surface area contributed by atoms with Crippen LogP contribution in [0, 0.1) is 5.92 Å². The normalized spacial score (nSPS) is 13.8. The van der Waals surface area contributed by atoms with E-state index in [0.717, 1.165) is 25.7 Å². The molecule has 0 saturated heterocycles. The number of hydrogen-bond acceptors (Lipinski definition) is 3. The van der Waals surface area contributed by atoms with Gasteiger partial charge >= 0.3 is 5.97 Å². The Balaban J connectivity index is 4.03. The minimum absolute atomic E-state index is 0.183. The molecule has 0 rings (SSSR count). The average molecular weight is 243 g/mol. The molecule has 98 valence electrons. The smallest absolute Gasteiger partial charge is 0.305 e. The Labute approximate surface area is 102 Å². The molecule has 0 bridgehead atoms. The molecule has 0 aliphatic carbocycles. The van der Waals surface area contributed by atoms with Gasteiger partial charge in [-0.05, 0) is 6.42 Å². The van der Waals surface area contributed by atoms with Crippen molar-refractivity contribution in [2.24, 2.45) is 5.92 Å². The zero-order valence-corrected chi connectivity index (χ0v) is 10.4. The number of nitrogens with one attached hydrogen (secondary N) is 1. The maximum atomic E-state index is 11.6. The summed E-state index contributed by atoms with van der Waals surface area (Å²) >= 11 is 0. The lowest BCUT2D eigenvalue weighted by atomic mass is 10.0. The monoisotopic (exact) mass is 243 g/mol. The van der Waals surface area contributed by atoms with Crippen LogP contribution in [0.15, 0.2) is 0 Å². The number of rotatable bonds is 9. The second-order valence-corrected chi connectivity index (χ2v) is 4.25. The third kappa shape index (κ3) is 7.49. The van der Waals surface area contributed by atoms with Crippen LogP contribution in [0.1, 0.15) is 46.0 Å². The molecule has 5 nitrogen and oxygen atoms in total. The van der Waals surface area contributed by atoms with Gasteiger partial charge in [-0.25, -0.2) is 0 Å². The first-order valence-electron chi connectivity index (χ1n) is 5.98. The van der Waals surface area contributed by atoms with E-state index >= 15 is 0 Å². The molecule has 0 aromatic rings. The van der Waals surface area contributed by atoms with Crippen LogP contribution in [-0.4, -0.2) is 29.3 Å². The van der Waals surface area contributed by atoms with Gasteiger partial charge in [-0.15, -0.1) is 0 Å². The maximum absolute atomic E-state index is 11.6. The zero-order valence-electron chi connectivity index (χ0n) is 10.4. The number of carboxylic acids is 1. The molecule has 0 aromatic carbocycles. The van der Waals surface area contributed by atoms with Gasteiger partial charge in [0, 0.05) is 5.92 Å². The molecule has 2 atom stereocenters. The largest absolute Gasteiger partial charge is 0.481 e. The fourth-order valence-corrected chi connectivity index (χ4v) is 1.48. The predicted molar refractivity (Wildman–Crippen MR) is 63.6 cm³/mol. The van der Waals surface area contributed by atoms with E-state index in [4.69, 9.17) is 5.11 Å². The van der Waals surface area contributed by atoms with Crippen molar-refractivity contribution < 1.29 is 19.5 Å². The van der Waals surface area contributed by atoms with E-state index in [1.54, 1.807) is 6.92 Å². The summed E-state index contributed by atoms with van der Waals surface area (Å²) in [6, 6.07) is -0.923. The van der Waals surface area contributed by atoms with Crippen LogP contribution < -0.4 is 5.32 Å². The third-order valence-corrected chi connectivity index (χ3v) is 2.57. The highest BCUT2D eigenvalue weighted by Gasteiger charge is 2.18. The van der Waals surface area contributed by atoms with Gasteiger partial charge in [0.15, 0.2) is 0 Å². The summed E-state index contributed by atoms with van der Waals surface area (Å²) in [5, 5.41) is 11.0. The topological polar surface area (TPSA) is 83.5 Å². The summed E-state index contributed by atoms with van der Waals surface area (Å²) in [5.41, 5.74) is 0. The summed E-state index contributed by atoms with van der Waals surface area (Å²) in [6.07, 6.45) is 3.99. The van der Waals surface area contributed by atoms with Crippen molar-refractivity contribution in [2.75, 3.05) is 0 Å². The molecule has 0 aliphatic heterocycles. The van der Waals surface area contributed by atoms with E-state index < -0.39 is 12.0 Å². The lowest BCUT2D eigenvalue weighted by Crippen LogP contribution is -2.40. The number of carbonyl (C=O) groups excluding carboxylic acids is 2. The third-order valence-electron chi connectivity index (χ3n) is 2.57. The summed E-state index contributed by atoms with van der Waals surface area (Å²) in [7, 11) is 0. The Bertz CT molecular complexity index is 265. The van der Waals surface area contributed by atoms with Gasteiger partial charge < -0.3 is 15.2 Å². The van der Waals surface area contributed by atoms with Gasteiger partial charge in [-0.2, -0.15) is 0 Å². The van der Waals surface area contributed by atoms with Crippen molar-refractivity contribution in [1.29, 1.82) is 0 Å². The number of hydrogen-bond donors (Lipinski definition) is 2. The quantitative estimate of drug-likeness (QED) is 0.473. The van der Waals surface area contributed by atoms with Gasteiger partial charge in [0.25, 0.3) is 0 Å². The number of aldehydes is 1. The lowest BCUT2D eigenvalue weighted by Gasteiger charge is -2.15. The van der Waals surface area contributed by atoms with Gasteiger partial charge in [0.2, 0.25) is 5.91 Å². The Morgan fingerprint density at radius 3 is 2.47 bits per heavy atom. The van der Waals surface area contributed by atoms with Gasteiger partial charge in [0.05, 0.1) is 12.5 Å². The molecule has 1 unspecified atom stereocenters. The number of aliphatic carboxylic acids is 1. The van der Waals surface area contributed by atoms with Crippen LogP contribution in [-0.2, 0) is 14.4 Å². The van der Waals surface area contributed by atoms with Crippen LogP contribution in [0.5, 0.6) is 0 Å². The Hall–Kier alpha value is -1.39. The first kappa shape index (κ1) is 15.6. The molecule has 0 spiro atoms. The van der Waals surface area contributed by atoms with Gasteiger partial charge in [-0.3, -0.25) is 9.59 Å². The summed E-state index contributed by atoms with van der Waals surface area (Å²) in [4.78, 5) is 32.6. The molecule has 0 saturated carbocycles. The van der Waals surface area contributed by atoms with Crippen molar-refractivity contribution >= 4 is 18.2 Å². The molecule has 0 fully saturated rings. The highest BCUT2D eigenvalue weighted by molar-refractivity contribution is 5.83. The van der Waals surface area contributed by atoms with Gasteiger partial charge in [0.1, 0.15) is 6.29 Å². The van der Waals surface area contributed by atoms with E-state index in [2.05, 4.69) is 12.2 Å². The van der Waals surface area contributed by atoms with Crippen molar-refractivity contribution in [3.63, 3.8) is 0 Å². The minimum Gasteiger partial charge on any atom is -0.481 e. The highest BCUT2D eigenvalue weighted by atomic mass is 16.4. The van der Waals surface area contributed by atoms with E-state index in [9.17, 15) is 14.4 Å². The van der Waals surface area contributed by atoms with Crippen molar-refractivity contribution in [3.8, 4) is 0 Å². The van der Waals surface area contributed by atoms with Crippen LogP contribution in [0.2, 0.25) is 0 Å².